The van der Waals surface area contributed by atoms with Crippen molar-refractivity contribution in [2.45, 2.75) is 57.5 Å². The van der Waals surface area contributed by atoms with Crippen LogP contribution in [0.25, 0.3) is 0 Å². The Hall–Kier alpha value is -1.64. The maximum atomic E-state index is 11.6. The molecule has 2 N–H and O–H groups in total. The second kappa shape index (κ2) is 12.7. The molecule has 8 heteroatoms. The first-order valence-corrected chi connectivity index (χ1v) is 12.0. The van der Waals surface area contributed by atoms with Gasteiger partial charge in [0, 0.05) is 18.3 Å². The maximum absolute atomic E-state index is 11.6. The van der Waals surface area contributed by atoms with E-state index in [-0.39, 0.29) is 49.1 Å². The summed E-state index contributed by atoms with van der Waals surface area (Å²) in [4.78, 5) is 11.6. The molecule has 7 nitrogen and oxygen atoms in total. The zero-order valence-electron chi connectivity index (χ0n) is 19.3. The topological polar surface area (TPSA) is 94.5 Å². The molecule has 6 atom stereocenters. The van der Waals surface area contributed by atoms with Crippen molar-refractivity contribution < 1.29 is 34.0 Å². The summed E-state index contributed by atoms with van der Waals surface area (Å²) >= 11 is 6.07. The highest BCUT2D eigenvalue weighted by Crippen LogP contribution is 2.41. The van der Waals surface area contributed by atoms with E-state index < -0.39 is 12.2 Å². The van der Waals surface area contributed by atoms with Crippen LogP contribution in [0.5, 0.6) is 5.75 Å². The van der Waals surface area contributed by atoms with Crippen LogP contribution in [0.1, 0.15) is 33.1 Å². The van der Waals surface area contributed by atoms with E-state index in [9.17, 15) is 15.0 Å². The minimum Gasteiger partial charge on any atom is -0.489 e. The summed E-state index contributed by atoms with van der Waals surface area (Å²) in [6.07, 6.45) is 4.40. The van der Waals surface area contributed by atoms with Gasteiger partial charge in [-0.3, -0.25) is 0 Å². The summed E-state index contributed by atoms with van der Waals surface area (Å²) in [5.74, 6) is 0.436. The maximum Gasteiger partial charge on any atom is 0.332 e. The van der Waals surface area contributed by atoms with Crippen LogP contribution in [0, 0.1) is 17.8 Å². The van der Waals surface area contributed by atoms with E-state index in [2.05, 4.69) is 0 Å². The molecule has 3 rings (SSSR count). The number of halogens is 1. The molecule has 1 heterocycles. The first-order valence-electron chi connectivity index (χ1n) is 11.6. The van der Waals surface area contributed by atoms with Crippen molar-refractivity contribution in [3.63, 3.8) is 0 Å². The van der Waals surface area contributed by atoms with Crippen LogP contribution < -0.4 is 4.74 Å². The number of hydrogen-bond acceptors (Lipinski definition) is 7. The first-order chi connectivity index (χ1) is 15.8. The average molecular weight is 483 g/mol. The highest BCUT2D eigenvalue weighted by Gasteiger charge is 2.43. The summed E-state index contributed by atoms with van der Waals surface area (Å²) in [5.41, 5.74) is 0. The van der Waals surface area contributed by atoms with Crippen LogP contribution in [0.2, 0.25) is 5.02 Å². The third-order valence-corrected chi connectivity index (χ3v) is 6.40. The van der Waals surface area contributed by atoms with Crippen LogP contribution in [-0.2, 0) is 19.0 Å². The van der Waals surface area contributed by atoms with Crippen LogP contribution >= 0.6 is 11.6 Å². The number of aliphatic hydroxyl groups is 2. The predicted molar refractivity (Wildman–Crippen MR) is 124 cm³/mol. The van der Waals surface area contributed by atoms with Crippen molar-refractivity contribution in [3.8, 4) is 5.75 Å². The van der Waals surface area contributed by atoms with Crippen molar-refractivity contribution in [2.75, 3.05) is 26.4 Å². The number of esters is 1. The molecule has 1 aromatic rings. The second-order valence-electron chi connectivity index (χ2n) is 9.11. The average Bonchev–Trinajstić information content (AvgIpc) is 2.92. The smallest absolute Gasteiger partial charge is 0.332 e. The molecule has 33 heavy (non-hydrogen) atoms. The minimum absolute atomic E-state index is 0.0259. The van der Waals surface area contributed by atoms with Gasteiger partial charge in [-0.1, -0.05) is 35.9 Å². The standard InChI is InChI=1S/C25H35ClO7/c1-16(2)33-25(29)15-30-12-17-7-9-20-19(22(28)11-24(20)31-13-17)10-8-18(27)14-32-23-6-4-3-5-21(23)26/h3-6,8,10,16-20,22,24,27-28H,7,9,11-15H2,1-2H3/b10-8+/t17-,18-,19-,20-,22-,24+/m1/s1. The van der Waals surface area contributed by atoms with E-state index in [1.165, 1.54) is 0 Å². The zero-order valence-corrected chi connectivity index (χ0v) is 20.0. The van der Waals surface area contributed by atoms with Gasteiger partial charge in [-0.2, -0.15) is 0 Å². The molecule has 0 aromatic heterocycles. The fourth-order valence-corrected chi connectivity index (χ4v) is 4.69. The lowest BCUT2D eigenvalue weighted by atomic mass is 9.87. The Labute approximate surface area is 200 Å². The normalized spacial score (nSPS) is 28.5. The predicted octanol–water partition coefficient (Wildman–Crippen LogP) is 3.40. The molecular formula is C25H35ClO7. The fraction of sp³-hybridized carbons (Fsp3) is 0.640. The van der Waals surface area contributed by atoms with E-state index in [4.69, 9.17) is 30.5 Å². The third-order valence-electron chi connectivity index (χ3n) is 6.09. The molecule has 0 radical (unpaired) electrons. The fourth-order valence-electron chi connectivity index (χ4n) is 4.50. The number of aliphatic hydroxyl groups excluding tert-OH is 2. The highest BCUT2D eigenvalue weighted by molar-refractivity contribution is 6.32. The van der Waals surface area contributed by atoms with Crippen molar-refractivity contribution in [1.29, 1.82) is 0 Å². The number of benzene rings is 1. The van der Waals surface area contributed by atoms with Crippen molar-refractivity contribution in [1.82, 2.24) is 0 Å². The van der Waals surface area contributed by atoms with Crippen molar-refractivity contribution in [3.05, 3.63) is 41.4 Å². The van der Waals surface area contributed by atoms with Gasteiger partial charge in [0.05, 0.1) is 36.5 Å². The number of carbonyl (C=O) groups is 1. The molecule has 1 saturated carbocycles. The van der Waals surface area contributed by atoms with E-state index in [0.29, 0.717) is 30.4 Å². The Morgan fingerprint density at radius 3 is 2.85 bits per heavy atom. The number of carbonyl (C=O) groups excluding carboxylic acids is 1. The Bertz CT molecular complexity index is 784. The first kappa shape index (κ1) is 26.0. The molecule has 184 valence electrons. The van der Waals surface area contributed by atoms with Gasteiger partial charge in [0.25, 0.3) is 0 Å². The van der Waals surface area contributed by atoms with Crippen LogP contribution in [0.3, 0.4) is 0 Å². The van der Waals surface area contributed by atoms with Gasteiger partial charge in [0.2, 0.25) is 0 Å². The molecule has 1 aliphatic heterocycles. The summed E-state index contributed by atoms with van der Waals surface area (Å²) < 4.78 is 22.3. The quantitative estimate of drug-likeness (QED) is 0.390. The summed E-state index contributed by atoms with van der Waals surface area (Å²) in [6.45, 7) is 4.61. The number of fused-ring (bicyclic) bond motifs is 1. The Balaban J connectivity index is 1.46. The number of ether oxygens (including phenoxy) is 4. The minimum atomic E-state index is -0.814. The van der Waals surface area contributed by atoms with Crippen LogP contribution in [0.15, 0.2) is 36.4 Å². The van der Waals surface area contributed by atoms with Gasteiger partial charge in [0.1, 0.15) is 25.1 Å². The molecule has 1 aromatic carbocycles. The lowest BCUT2D eigenvalue weighted by molar-refractivity contribution is -0.153. The number of para-hydroxylation sites is 1. The second-order valence-corrected chi connectivity index (χ2v) is 9.51. The van der Waals surface area contributed by atoms with Gasteiger partial charge in [-0.05, 0) is 44.7 Å². The van der Waals surface area contributed by atoms with Gasteiger partial charge < -0.3 is 29.2 Å². The molecule has 0 spiro atoms. The number of rotatable bonds is 10. The zero-order chi connectivity index (χ0) is 23.8. The Morgan fingerprint density at radius 1 is 1.30 bits per heavy atom. The third kappa shape index (κ3) is 7.97. The van der Waals surface area contributed by atoms with Gasteiger partial charge in [0.15, 0.2) is 0 Å². The molecular weight excluding hydrogens is 448 g/mol. The molecule has 1 aliphatic carbocycles. The molecule has 2 fully saturated rings. The van der Waals surface area contributed by atoms with Gasteiger partial charge >= 0.3 is 5.97 Å². The molecule has 0 unspecified atom stereocenters. The molecule has 2 aliphatic rings. The van der Waals surface area contributed by atoms with E-state index in [1.54, 1.807) is 32.1 Å². The molecule has 1 saturated heterocycles. The summed E-state index contributed by atoms with van der Waals surface area (Å²) in [5, 5.41) is 21.4. The number of hydrogen-bond donors (Lipinski definition) is 2. The molecule has 0 amide bonds. The Morgan fingerprint density at radius 2 is 2.09 bits per heavy atom. The van der Waals surface area contributed by atoms with E-state index in [0.717, 1.165) is 12.8 Å². The van der Waals surface area contributed by atoms with Crippen LogP contribution in [-0.4, -0.2) is 67.0 Å². The van der Waals surface area contributed by atoms with Gasteiger partial charge in [-0.15, -0.1) is 0 Å². The SMILES string of the molecule is CC(C)OC(=O)COC[C@H]1CC[C@@H]2[C@@H](/C=C/[C@@H](O)COc3ccccc3Cl)[C@H](O)C[C@@H]2OC1. The van der Waals surface area contributed by atoms with E-state index >= 15 is 0 Å². The summed E-state index contributed by atoms with van der Waals surface area (Å²) in [6, 6.07) is 7.12. The Kier molecular flexibility index (Phi) is 10.0. The van der Waals surface area contributed by atoms with E-state index in [1.807, 2.05) is 18.2 Å². The highest BCUT2D eigenvalue weighted by atomic mass is 35.5. The van der Waals surface area contributed by atoms with Crippen LogP contribution in [0.4, 0.5) is 0 Å². The summed E-state index contributed by atoms with van der Waals surface area (Å²) in [7, 11) is 0. The van der Waals surface area contributed by atoms with Crippen molar-refractivity contribution >= 4 is 17.6 Å². The lowest BCUT2D eigenvalue weighted by Crippen LogP contribution is -2.22. The van der Waals surface area contributed by atoms with Gasteiger partial charge in [-0.25, -0.2) is 4.79 Å². The lowest BCUT2D eigenvalue weighted by Gasteiger charge is -2.21. The monoisotopic (exact) mass is 482 g/mol. The molecule has 0 bridgehead atoms. The largest absolute Gasteiger partial charge is 0.489 e. The van der Waals surface area contributed by atoms with Crippen molar-refractivity contribution in [2.24, 2.45) is 17.8 Å².